The highest BCUT2D eigenvalue weighted by Gasteiger charge is 2.49. The van der Waals surface area contributed by atoms with E-state index in [1.54, 1.807) is 0 Å². The molecular formula is C14H16BrNO4. The van der Waals surface area contributed by atoms with Crippen LogP contribution in [0.15, 0.2) is 28.7 Å². The summed E-state index contributed by atoms with van der Waals surface area (Å²) in [6.07, 6.45) is 0.508. The van der Waals surface area contributed by atoms with Crippen molar-refractivity contribution in [1.29, 1.82) is 0 Å². The van der Waals surface area contributed by atoms with Crippen LogP contribution in [-0.4, -0.2) is 28.2 Å². The predicted molar refractivity (Wildman–Crippen MR) is 76.3 cm³/mol. The molecule has 108 valence electrons. The summed E-state index contributed by atoms with van der Waals surface area (Å²) in [5.74, 6) is -3.11. The smallest absolute Gasteiger partial charge is 0.321 e. The second-order valence-corrected chi connectivity index (χ2v) is 5.86. The standard InChI is InChI=1S/C14H16BrNO4/c1-2-9-10(13(17)18)11(16-12(9)14(19)20)7-3-5-8(15)6-4-7/h3-6,9-12,16H,2H2,1H3,(H,17,18)(H,19,20). The van der Waals surface area contributed by atoms with Gasteiger partial charge in [0.15, 0.2) is 0 Å². The average molecular weight is 342 g/mol. The molecule has 0 spiro atoms. The van der Waals surface area contributed by atoms with Crippen molar-refractivity contribution in [2.45, 2.75) is 25.4 Å². The van der Waals surface area contributed by atoms with Gasteiger partial charge < -0.3 is 10.2 Å². The van der Waals surface area contributed by atoms with E-state index in [9.17, 15) is 19.8 Å². The number of halogens is 1. The minimum atomic E-state index is -0.997. The van der Waals surface area contributed by atoms with E-state index in [2.05, 4.69) is 21.2 Å². The summed E-state index contributed by atoms with van der Waals surface area (Å²) in [5.41, 5.74) is 0.794. The lowest BCUT2D eigenvalue weighted by Gasteiger charge is -2.19. The minimum absolute atomic E-state index is 0.418. The maximum atomic E-state index is 11.5. The lowest BCUT2D eigenvalue weighted by atomic mass is 9.83. The number of aliphatic carboxylic acids is 2. The molecule has 2 rings (SSSR count). The number of hydrogen-bond acceptors (Lipinski definition) is 3. The van der Waals surface area contributed by atoms with E-state index in [4.69, 9.17) is 0 Å². The van der Waals surface area contributed by atoms with Crippen molar-refractivity contribution in [3.05, 3.63) is 34.3 Å². The largest absolute Gasteiger partial charge is 0.481 e. The Hall–Kier alpha value is -1.40. The fraction of sp³-hybridized carbons (Fsp3) is 0.429. The van der Waals surface area contributed by atoms with Gasteiger partial charge in [-0.25, -0.2) is 0 Å². The fourth-order valence-corrected chi connectivity index (χ4v) is 3.18. The maximum absolute atomic E-state index is 11.5. The number of carboxylic acid groups (broad SMARTS) is 2. The Morgan fingerprint density at radius 2 is 1.80 bits per heavy atom. The molecule has 20 heavy (non-hydrogen) atoms. The quantitative estimate of drug-likeness (QED) is 0.782. The lowest BCUT2D eigenvalue weighted by Crippen LogP contribution is -2.36. The van der Waals surface area contributed by atoms with Crippen LogP contribution in [0.2, 0.25) is 0 Å². The van der Waals surface area contributed by atoms with Gasteiger partial charge >= 0.3 is 11.9 Å². The Morgan fingerprint density at radius 1 is 1.20 bits per heavy atom. The van der Waals surface area contributed by atoms with Crippen LogP contribution in [0.1, 0.15) is 24.9 Å². The second kappa shape index (κ2) is 5.93. The summed E-state index contributed by atoms with van der Waals surface area (Å²) in [6.45, 7) is 1.82. The highest BCUT2D eigenvalue weighted by molar-refractivity contribution is 9.10. The Morgan fingerprint density at radius 3 is 2.25 bits per heavy atom. The van der Waals surface area contributed by atoms with E-state index >= 15 is 0 Å². The van der Waals surface area contributed by atoms with Gasteiger partial charge in [-0.2, -0.15) is 0 Å². The van der Waals surface area contributed by atoms with E-state index < -0.39 is 35.9 Å². The fourth-order valence-electron chi connectivity index (χ4n) is 2.92. The van der Waals surface area contributed by atoms with Crippen molar-refractivity contribution in [1.82, 2.24) is 5.32 Å². The third-order valence-corrected chi connectivity index (χ3v) is 4.39. The number of nitrogens with one attached hydrogen (secondary N) is 1. The van der Waals surface area contributed by atoms with Crippen LogP contribution in [-0.2, 0) is 9.59 Å². The number of benzene rings is 1. The van der Waals surface area contributed by atoms with Gasteiger partial charge in [0.2, 0.25) is 0 Å². The monoisotopic (exact) mass is 341 g/mol. The van der Waals surface area contributed by atoms with Crippen LogP contribution in [0.5, 0.6) is 0 Å². The van der Waals surface area contributed by atoms with Crippen molar-refractivity contribution in [3.8, 4) is 0 Å². The summed E-state index contributed by atoms with van der Waals surface area (Å²) in [7, 11) is 0. The van der Waals surface area contributed by atoms with E-state index in [1.807, 2.05) is 31.2 Å². The zero-order valence-electron chi connectivity index (χ0n) is 10.9. The van der Waals surface area contributed by atoms with Gasteiger partial charge in [-0.15, -0.1) is 0 Å². The third kappa shape index (κ3) is 2.71. The summed E-state index contributed by atoms with van der Waals surface area (Å²) >= 11 is 3.33. The molecule has 0 saturated carbocycles. The molecule has 0 aliphatic carbocycles. The van der Waals surface area contributed by atoms with Crippen LogP contribution in [0.4, 0.5) is 0 Å². The first kappa shape index (κ1) is 15.0. The Balaban J connectivity index is 2.38. The van der Waals surface area contributed by atoms with Gasteiger partial charge in [-0.1, -0.05) is 41.4 Å². The lowest BCUT2D eigenvalue weighted by molar-refractivity contribution is -0.144. The van der Waals surface area contributed by atoms with Crippen LogP contribution >= 0.6 is 15.9 Å². The zero-order valence-corrected chi connectivity index (χ0v) is 12.5. The number of hydrogen-bond donors (Lipinski definition) is 3. The van der Waals surface area contributed by atoms with E-state index in [0.717, 1.165) is 10.0 Å². The molecule has 4 unspecified atom stereocenters. The van der Waals surface area contributed by atoms with Crippen molar-refractivity contribution in [3.63, 3.8) is 0 Å². The first-order valence-corrected chi connectivity index (χ1v) is 7.22. The highest BCUT2D eigenvalue weighted by Crippen LogP contribution is 2.39. The summed E-state index contributed by atoms with van der Waals surface area (Å²) in [4.78, 5) is 22.9. The number of carbonyl (C=O) groups is 2. The number of carboxylic acids is 2. The first-order valence-electron chi connectivity index (χ1n) is 6.42. The molecule has 0 amide bonds. The molecule has 3 N–H and O–H groups in total. The van der Waals surface area contributed by atoms with Gasteiger partial charge in [0.05, 0.1) is 5.92 Å². The van der Waals surface area contributed by atoms with Crippen molar-refractivity contribution < 1.29 is 19.8 Å². The molecule has 1 aromatic rings. The third-order valence-electron chi connectivity index (χ3n) is 3.86. The molecular weight excluding hydrogens is 326 g/mol. The molecule has 6 heteroatoms. The molecule has 0 radical (unpaired) electrons. The van der Waals surface area contributed by atoms with Gasteiger partial charge in [0, 0.05) is 10.5 Å². The Kier molecular flexibility index (Phi) is 4.45. The van der Waals surface area contributed by atoms with Crippen LogP contribution < -0.4 is 5.32 Å². The van der Waals surface area contributed by atoms with Gasteiger partial charge in [0.25, 0.3) is 0 Å². The molecule has 1 heterocycles. The Bertz CT molecular complexity index is 516. The zero-order chi connectivity index (χ0) is 14.9. The topological polar surface area (TPSA) is 86.6 Å². The molecule has 0 bridgehead atoms. The van der Waals surface area contributed by atoms with Crippen LogP contribution in [0.3, 0.4) is 0 Å². The average Bonchev–Trinajstić information content (AvgIpc) is 2.79. The molecule has 1 aliphatic rings. The second-order valence-electron chi connectivity index (χ2n) is 4.95. The normalized spacial score (nSPS) is 29.3. The van der Waals surface area contributed by atoms with Gasteiger partial charge in [0.1, 0.15) is 6.04 Å². The van der Waals surface area contributed by atoms with Crippen LogP contribution in [0, 0.1) is 11.8 Å². The molecule has 4 atom stereocenters. The van der Waals surface area contributed by atoms with Gasteiger partial charge in [-0.3, -0.25) is 14.9 Å². The number of rotatable bonds is 4. The molecule has 0 aromatic heterocycles. The minimum Gasteiger partial charge on any atom is -0.481 e. The van der Waals surface area contributed by atoms with E-state index in [-0.39, 0.29) is 0 Å². The Labute approximate surface area is 125 Å². The highest BCUT2D eigenvalue weighted by atomic mass is 79.9. The van der Waals surface area contributed by atoms with Gasteiger partial charge in [-0.05, 0) is 23.6 Å². The summed E-state index contributed by atoms with van der Waals surface area (Å²) in [6, 6.07) is 5.97. The van der Waals surface area contributed by atoms with E-state index in [0.29, 0.717) is 6.42 Å². The van der Waals surface area contributed by atoms with Crippen molar-refractivity contribution >= 4 is 27.9 Å². The van der Waals surface area contributed by atoms with Crippen molar-refractivity contribution in [2.24, 2.45) is 11.8 Å². The molecule has 1 fully saturated rings. The molecule has 1 saturated heterocycles. The maximum Gasteiger partial charge on any atom is 0.321 e. The molecule has 1 aromatic carbocycles. The molecule has 1 aliphatic heterocycles. The molecule has 5 nitrogen and oxygen atoms in total. The SMILES string of the molecule is CCC1C(C(=O)O)NC(c2ccc(Br)cc2)C1C(=O)O. The summed E-state index contributed by atoms with van der Waals surface area (Å²) < 4.78 is 0.896. The first-order chi connectivity index (χ1) is 9.45. The predicted octanol–water partition coefficient (Wildman–Crippen LogP) is 2.27. The summed E-state index contributed by atoms with van der Waals surface area (Å²) in [5, 5.41) is 21.7. The van der Waals surface area contributed by atoms with Crippen molar-refractivity contribution in [2.75, 3.05) is 0 Å². The van der Waals surface area contributed by atoms with Crippen LogP contribution in [0.25, 0.3) is 0 Å². The van der Waals surface area contributed by atoms with E-state index in [1.165, 1.54) is 0 Å².